The van der Waals surface area contributed by atoms with Crippen LogP contribution in [0.4, 0.5) is 13.2 Å². The zero-order valence-electron chi connectivity index (χ0n) is 13.1. The number of rotatable bonds is 4. The number of hydrazine groups is 1. The summed E-state index contributed by atoms with van der Waals surface area (Å²) in [5.41, 5.74) is 11.9. The molecule has 1 aromatic heterocycles. The zero-order chi connectivity index (χ0) is 18.0. The first-order chi connectivity index (χ1) is 11.9. The number of alkyl halides is 3. The average Bonchev–Trinajstić information content (AvgIpc) is 3.02. The third kappa shape index (κ3) is 3.41. The monoisotopic (exact) mass is 349 g/mol. The first-order valence-corrected chi connectivity index (χ1v) is 7.22. The van der Waals surface area contributed by atoms with Gasteiger partial charge in [-0.05, 0) is 30.3 Å². The van der Waals surface area contributed by atoms with Gasteiger partial charge in [0.1, 0.15) is 5.52 Å². The van der Waals surface area contributed by atoms with Crippen molar-refractivity contribution in [2.24, 2.45) is 10.8 Å². The Morgan fingerprint density at radius 1 is 1.16 bits per heavy atom. The second-order valence-corrected chi connectivity index (χ2v) is 5.18. The lowest BCUT2D eigenvalue weighted by Gasteiger charge is -2.06. The summed E-state index contributed by atoms with van der Waals surface area (Å²) in [7, 11) is 1.64. The van der Waals surface area contributed by atoms with E-state index in [4.69, 9.17) is 10.3 Å². The zero-order valence-corrected chi connectivity index (χ0v) is 13.1. The number of benzene rings is 2. The molecule has 0 spiro atoms. The van der Waals surface area contributed by atoms with Gasteiger partial charge in [0, 0.05) is 18.2 Å². The lowest BCUT2D eigenvalue weighted by atomic mass is 10.0. The molecule has 3 rings (SSSR count). The second-order valence-electron chi connectivity index (χ2n) is 5.18. The molecule has 1 heterocycles. The van der Waals surface area contributed by atoms with E-state index in [1.165, 1.54) is 12.1 Å². The fourth-order valence-corrected chi connectivity index (χ4v) is 2.30. The molecule has 0 saturated heterocycles. The van der Waals surface area contributed by atoms with Gasteiger partial charge in [0.05, 0.1) is 10.9 Å². The van der Waals surface area contributed by atoms with Gasteiger partial charge in [-0.15, -0.1) is 5.10 Å². The number of hydrogen-bond donors (Lipinski definition) is 3. The minimum absolute atomic E-state index is 0.232. The summed E-state index contributed by atoms with van der Waals surface area (Å²) in [6.45, 7) is 0. The van der Waals surface area contributed by atoms with Crippen molar-refractivity contribution in [3.05, 3.63) is 53.6 Å². The van der Waals surface area contributed by atoms with Crippen LogP contribution in [0.2, 0.25) is 0 Å². The van der Waals surface area contributed by atoms with Crippen LogP contribution in [0, 0.1) is 0 Å². The normalized spacial score (nSPS) is 12.6. The molecule has 0 radical (unpaired) electrons. The van der Waals surface area contributed by atoms with Gasteiger partial charge in [0.2, 0.25) is 0 Å². The predicted octanol–water partition coefficient (Wildman–Crippen LogP) is 2.86. The van der Waals surface area contributed by atoms with Crippen LogP contribution in [-0.4, -0.2) is 18.0 Å². The van der Waals surface area contributed by atoms with Crippen molar-refractivity contribution in [3.63, 3.8) is 0 Å². The fraction of sp³-hybridized carbons (Fsp3) is 0.125. The smallest absolute Gasteiger partial charge is 0.382 e. The van der Waals surface area contributed by atoms with Crippen LogP contribution < -0.4 is 16.7 Å². The van der Waals surface area contributed by atoms with Crippen LogP contribution in [-0.2, 0) is 6.18 Å². The highest BCUT2D eigenvalue weighted by Crippen LogP contribution is 2.33. The van der Waals surface area contributed by atoms with Gasteiger partial charge in [0.15, 0.2) is 11.6 Å². The van der Waals surface area contributed by atoms with Crippen molar-refractivity contribution < 1.29 is 17.7 Å². The maximum atomic E-state index is 12.7. The molecule has 25 heavy (non-hydrogen) atoms. The van der Waals surface area contributed by atoms with E-state index in [0.717, 1.165) is 12.1 Å². The van der Waals surface area contributed by atoms with Crippen molar-refractivity contribution in [1.82, 2.24) is 16.1 Å². The average molecular weight is 349 g/mol. The first-order valence-electron chi connectivity index (χ1n) is 7.22. The molecule has 0 atom stereocenters. The van der Waals surface area contributed by atoms with E-state index < -0.39 is 11.7 Å². The standard InChI is InChI=1S/C16H14F3N5O/c1-21-24-22-15(20)10-4-7-13-12(8-10)14(25-23-13)9-2-5-11(6-3-9)16(17,18)19/h2-8,21,24H,1H3,(H2,20,22). The predicted molar refractivity (Wildman–Crippen MR) is 87.4 cm³/mol. The lowest BCUT2D eigenvalue weighted by molar-refractivity contribution is -0.137. The molecular weight excluding hydrogens is 335 g/mol. The summed E-state index contributed by atoms with van der Waals surface area (Å²) in [5.74, 6) is 0.593. The molecule has 0 saturated carbocycles. The minimum atomic E-state index is -4.39. The van der Waals surface area contributed by atoms with E-state index in [9.17, 15) is 13.2 Å². The number of nitrogens with one attached hydrogen (secondary N) is 2. The van der Waals surface area contributed by atoms with Crippen LogP contribution in [0.5, 0.6) is 0 Å². The molecule has 9 heteroatoms. The topological polar surface area (TPSA) is 88.5 Å². The lowest BCUT2D eigenvalue weighted by Crippen LogP contribution is -2.26. The number of hydrogen-bond acceptors (Lipinski definition) is 5. The molecule has 3 aromatic rings. The number of nitrogens with two attached hydrogens (primary N) is 1. The van der Waals surface area contributed by atoms with Crippen molar-refractivity contribution in [2.75, 3.05) is 7.05 Å². The number of amidine groups is 1. The molecule has 0 aliphatic rings. The summed E-state index contributed by atoms with van der Waals surface area (Å²) in [6.07, 6.45) is -4.39. The molecule has 2 aromatic carbocycles. The number of aromatic nitrogens is 1. The van der Waals surface area contributed by atoms with Gasteiger partial charge in [-0.25, -0.2) is 11.0 Å². The Balaban J connectivity index is 2.02. The largest absolute Gasteiger partial charge is 0.416 e. The molecule has 130 valence electrons. The van der Waals surface area contributed by atoms with Gasteiger partial charge in [-0.2, -0.15) is 13.2 Å². The number of nitrogens with zero attached hydrogens (tertiary/aromatic N) is 2. The highest BCUT2D eigenvalue weighted by molar-refractivity contribution is 6.02. The van der Waals surface area contributed by atoms with E-state index in [1.807, 2.05) is 0 Å². The molecule has 0 bridgehead atoms. The molecule has 4 N–H and O–H groups in total. The van der Waals surface area contributed by atoms with Gasteiger partial charge in [0.25, 0.3) is 0 Å². The maximum Gasteiger partial charge on any atom is 0.416 e. The molecule has 0 fully saturated rings. The highest BCUT2D eigenvalue weighted by atomic mass is 19.4. The second kappa shape index (κ2) is 6.44. The fourth-order valence-electron chi connectivity index (χ4n) is 2.30. The van der Waals surface area contributed by atoms with Gasteiger partial charge in [-0.3, -0.25) is 0 Å². The molecule has 0 aliphatic heterocycles. The summed E-state index contributed by atoms with van der Waals surface area (Å²) in [5, 5.41) is 8.45. The first kappa shape index (κ1) is 16.8. The van der Waals surface area contributed by atoms with Crippen LogP contribution in [0.15, 0.2) is 52.1 Å². The Morgan fingerprint density at radius 2 is 1.88 bits per heavy atom. The Kier molecular flexibility index (Phi) is 4.32. The quantitative estimate of drug-likeness (QED) is 0.383. The number of halogens is 3. The molecular formula is C16H14F3N5O. The third-order valence-electron chi connectivity index (χ3n) is 3.53. The van der Waals surface area contributed by atoms with E-state index >= 15 is 0 Å². The van der Waals surface area contributed by atoms with Gasteiger partial charge < -0.3 is 10.3 Å². The highest BCUT2D eigenvalue weighted by Gasteiger charge is 2.30. The van der Waals surface area contributed by atoms with E-state index in [2.05, 4.69) is 21.2 Å². The Bertz CT molecular complexity index is 916. The summed E-state index contributed by atoms with van der Waals surface area (Å²) in [4.78, 5) is 0. The number of fused-ring (bicyclic) bond motifs is 1. The van der Waals surface area contributed by atoms with Crippen LogP contribution in [0.25, 0.3) is 22.2 Å². The van der Waals surface area contributed by atoms with Crippen molar-refractivity contribution in [3.8, 4) is 11.3 Å². The molecule has 6 nitrogen and oxygen atoms in total. The minimum Gasteiger partial charge on any atom is -0.382 e. The van der Waals surface area contributed by atoms with Gasteiger partial charge in [-0.1, -0.05) is 17.3 Å². The van der Waals surface area contributed by atoms with Crippen molar-refractivity contribution in [1.29, 1.82) is 0 Å². The maximum absolute atomic E-state index is 12.7. The third-order valence-corrected chi connectivity index (χ3v) is 3.53. The van der Waals surface area contributed by atoms with E-state index in [-0.39, 0.29) is 5.84 Å². The Hall–Kier alpha value is -3.07. The van der Waals surface area contributed by atoms with Crippen LogP contribution in [0.3, 0.4) is 0 Å². The summed E-state index contributed by atoms with van der Waals surface area (Å²) < 4.78 is 43.4. The number of hydrazone groups is 1. The van der Waals surface area contributed by atoms with Crippen molar-refractivity contribution >= 4 is 16.7 Å². The van der Waals surface area contributed by atoms with E-state index in [1.54, 1.807) is 25.2 Å². The molecule has 0 aliphatic carbocycles. The van der Waals surface area contributed by atoms with Crippen molar-refractivity contribution in [2.45, 2.75) is 6.18 Å². The van der Waals surface area contributed by atoms with E-state index in [0.29, 0.717) is 27.8 Å². The Morgan fingerprint density at radius 3 is 2.52 bits per heavy atom. The molecule has 0 unspecified atom stereocenters. The molecule has 0 amide bonds. The SMILES string of the molecule is CNN/N=C(\N)c1ccc2noc(-c3ccc(C(F)(F)F)cc3)c2c1. The van der Waals surface area contributed by atoms with Crippen LogP contribution >= 0.6 is 0 Å². The summed E-state index contributed by atoms with van der Waals surface area (Å²) in [6, 6.07) is 9.82. The van der Waals surface area contributed by atoms with Gasteiger partial charge >= 0.3 is 6.18 Å². The summed E-state index contributed by atoms with van der Waals surface area (Å²) >= 11 is 0. The Labute approximate surface area is 140 Å². The van der Waals surface area contributed by atoms with Crippen LogP contribution in [0.1, 0.15) is 11.1 Å².